The van der Waals surface area contributed by atoms with Crippen molar-refractivity contribution in [2.45, 2.75) is 38.8 Å². The number of allylic oxidation sites excluding steroid dienone is 1. The molecule has 2 N–H and O–H groups in total. The number of amides is 1. The Morgan fingerprint density at radius 3 is 2.46 bits per heavy atom. The number of benzene rings is 3. The Hall–Kier alpha value is -4.31. The molecule has 214 valence electrons. The van der Waals surface area contributed by atoms with E-state index in [2.05, 4.69) is 10.4 Å². The zero-order chi connectivity index (χ0) is 28.9. The first-order valence-electron chi connectivity index (χ1n) is 13.5. The summed E-state index contributed by atoms with van der Waals surface area (Å²) in [4.78, 5) is 10.6. The minimum Gasteiger partial charge on any atom is -0.492 e. The Morgan fingerprint density at radius 1 is 1.07 bits per heavy atom. The smallest absolute Gasteiger partial charge is 0.404 e. The molecule has 1 aliphatic rings. The molecule has 1 atom stereocenters. The Morgan fingerprint density at radius 2 is 1.80 bits per heavy atom. The highest BCUT2D eigenvalue weighted by Gasteiger charge is 2.24. The summed E-state index contributed by atoms with van der Waals surface area (Å²) in [6, 6.07) is 15.9. The predicted molar refractivity (Wildman–Crippen MR) is 149 cm³/mol. The van der Waals surface area contributed by atoms with Gasteiger partial charge in [-0.15, -0.1) is 5.10 Å². The van der Waals surface area contributed by atoms with Gasteiger partial charge in [-0.3, -0.25) is 0 Å². The fourth-order valence-electron chi connectivity index (χ4n) is 5.22. The van der Waals surface area contributed by atoms with Crippen LogP contribution in [0.1, 0.15) is 55.5 Å². The van der Waals surface area contributed by atoms with E-state index in [1.54, 1.807) is 47.1 Å². The SMILES string of the molecule is CC/C(=C(/c1ccc(OCCNC(=O)O)cc1)c1ccc2c(c1)c(F)nn2C1CCCCO1)c1c(F)cccc1F. The molecule has 1 fully saturated rings. The highest BCUT2D eigenvalue weighted by molar-refractivity contribution is 6.00. The lowest BCUT2D eigenvalue weighted by molar-refractivity contribution is -0.0375. The molecule has 1 unspecified atom stereocenters. The lowest BCUT2D eigenvalue weighted by atomic mass is 9.87. The van der Waals surface area contributed by atoms with Gasteiger partial charge < -0.3 is 19.9 Å². The van der Waals surface area contributed by atoms with Gasteiger partial charge in [0.25, 0.3) is 0 Å². The number of ether oxygens (including phenoxy) is 2. The van der Waals surface area contributed by atoms with Gasteiger partial charge in [0, 0.05) is 12.2 Å². The normalized spacial score (nSPS) is 16.0. The number of nitrogens with zero attached hydrogens (tertiary/aromatic N) is 2. The molecule has 4 aromatic rings. The van der Waals surface area contributed by atoms with Crippen molar-refractivity contribution in [1.29, 1.82) is 0 Å². The van der Waals surface area contributed by atoms with Gasteiger partial charge in [0.05, 0.1) is 17.4 Å². The molecule has 0 radical (unpaired) electrons. The van der Waals surface area contributed by atoms with Crippen molar-refractivity contribution in [2.75, 3.05) is 19.8 Å². The van der Waals surface area contributed by atoms with E-state index in [9.17, 15) is 4.79 Å². The van der Waals surface area contributed by atoms with Gasteiger partial charge in [-0.1, -0.05) is 31.2 Å². The summed E-state index contributed by atoms with van der Waals surface area (Å²) in [6.07, 6.45) is 1.44. The van der Waals surface area contributed by atoms with Gasteiger partial charge in [-0.25, -0.2) is 18.3 Å². The molecule has 2 heterocycles. The van der Waals surface area contributed by atoms with Crippen molar-refractivity contribution in [3.05, 3.63) is 94.9 Å². The topological polar surface area (TPSA) is 85.6 Å². The minimum absolute atomic E-state index is 0.111. The number of hydrogen-bond acceptors (Lipinski definition) is 4. The van der Waals surface area contributed by atoms with Crippen LogP contribution in [0, 0.1) is 17.6 Å². The third-order valence-corrected chi connectivity index (χ3v) is 7.09. The molecule has 0 aliphatic carbocycles. The van der Waals surface area contributed by atoms with Gasteiger partial charge >= 0.3 is 6.09 Å². The molecule has 1 aliphatic heterocycles. The van der Waals surface area contributed by atoms with Crippen molar-refractivity contribution in [2.24, 2.45) is 0 Å². The predicted octanol–water partition coefficient (Wildman–Crippen LogP) is 7.17. The Bertz CT molecular complexity index is 1560. The van der Waals surface area contributed by atoms with Crippen LogP contribution in [0.4, 0.5) is 18.0 Å². The first-order valence-corrected chi connectivity index (χ1v) is 13.5. The van der Waals surface area contributed by atoms with Crippen LogP contribution in [-0.2, 0) is 4.74 Å². The maximum absolute atomic E-state index is 15.2. The maximum Gasteiger partial charge on any atom is 0.404 e. The summed E-state index contributed by atoms with van der Waals surface area (Å²) in [6.45, 7) is 2.63. The molecule has 0 spiro atoms. The van der Waals surface area contributed by atoms with Crippen molar-refractivity contribution in [1.82, 2.24) is 15.1 Å². The van der Waals surface area contributed by atoms with E-state index in [0.29, 0.717) is 46.6 Å². The van der Waals surface area contributed by atoms with Crippen molar-refractivity contribution >= 4 is 28.1 Å². The molecule has 0 saturated carbocycles. The highest BCUT2D eigenvalue weighted by atomic mass is 19.1. The fourth-order valence-corrected chi connectivity index (χ4v) is 5.22. The van der Waals surface area contributed by atoms with Crippen molar-refractivity contribution in [3.8, 4) is 5.75 Å². The van der Waals surface area contributed by atoms with Gasteiger partial charge in [-0.05, 0) is 84.4 Å². The van der Waals surface area contributed by atoms with E-state index < -0.39 is 23.7 Å². The monoisotopic (exact) mass is 565 g/mol. The molecular weight excluding hydrogens is 535 g/mol. The van der Waals surface area contributed by atoms with E-state index in [1.807, 2.05) is 6.92 Å². The van der Waals surface area contributed by atoms with Gasteiger partial charge in [0.1, 0.15) is 24.0 Å². The quantitative estimate of drug-likeness (QED) is 0.166. The molecular formula is C31H30F3N3O4. The number of nitrogens with one attached hydrogen (secondary N) is 1. The fraction of sp³-hybridized carbons (Fsp3) is 0.290. The molecule has 10 heteroatoms. The lowest BCUT2D eigenvalue weighted by Crippen LogP contribution is -2.26. The van der Waals surface area contributed by atoms with Crippen LogP contribution in [0.25, 0.3) is 22.0 Å². The molecule has 1 saturated heterocycles. The van der Waals surface area contributed by atoms with Gasteiger partial charge in [-0.2, -0.15) is 4.39 Å². The number of fused-ring (bicyclic) bond motifs is 1. The van der Waals surface area contributed by atoms with Crippen LogP contribution in [0.3, 0.4) is 0 Å². The zero-order valence-corrected chi connectivity index (χ0v) is 22.5. The van der Waals surface area contributed by atoms with Crippen LogP contribution in [-0.4, -0.2) is 40.7 Å². The average molecular weight is 566 g/mol. The number of hydrogen-bond donors (Lipinski definition) is 2. The largest absolute Gasteiger partial charge is 0.492 e. The first-order chi connectivity index (χ1) is 19.9. The van der Waals surface area contributed by atoms with Crippen molar-refractivity contribution in [3.63, 3.8) is 0 Å². The number of rotatable bonds is 9. The van der Waals surface area contributed by atoms with E-state index in [-0.39, 0.29) is 30.3 Å². The third-order valence-electron chi connectivity index (χ3n) is 7.09. The van der Waals surface area contributed by atoms with Gasteiger partial charge in [0.2, 0.25) is 5.95 Å². The number of carbonyl (C=O) groups is 1. The standard InChI is InChI=1S/C31H30F3N3O4/c1-2-22(29-24(32)6-5-7-25(29)33)28(19-9-12-21(13-10-19)40-17-15-35-31(38)39)20-11-14-26-23(18-20)30(34)36-37(26)27-8-3-4-16-41-27/h5-7,9-14,18,27,35H,2-4,8,15-17H2,1H3,(H,38,39)/b28-22+. The second kappa shape index (κ2) is 12.5. The summed E-state index contributed by atoms with van der Waals surface area (Å²) >= 11 is 0. The van der Waals surface area contributed by atoms with E-state index in [0.717, 1.165) is 19.3 Å². The molecule has 7 nitrogen and oxygen atoms in total. The van der Waals surface area contributed by atoms with E-state index in [1.165, 1.54) is 18.2 Å². The average Bonchev–Trinajstić information content (AvgIpc) is 3.31. The van der Waals surface area contributed by atoms with Crippen LogP contribution in [0.15, 0.2) is 60.7 Å². The van der Waals surface area contributed by atoms with Crippen LogP contribution >= 0.6 is 0 Å². The third kappa shape index (κ3) is 6.07. The van der Waals surface area contributed by atoms with Gasteiger partial charge in [0.15, 0.2) is 6.23 Å². The van der Waals surface area contributed by atoms with Crippen LogP contribution in [0.5, 0.6) is 5.75 Å². The molecule has 1 amide bonds. The lowest BCUT2D eigenvalue weighted by Gasteiger charge is -2.23. The van der Waals surface area contributed by atoms with E-state index >= 15 is 13.2 Å². The highest BCUT2D eigenvalue weighted by Crippen LogP contribution is 2.39. The second-order valence-corrected chi connectivity index (χ2v) is 9.70. The summed E-state index contributed by atoms with van der Waals surface area (Å²) in [5.74, 6) is -1.55. The summed E-state index contributed by atoms with van der Waals surface area (Å²) in [5, 5.41) is 15.4. The molecule has 1 aromatic heterocycles. The number of carboxylic acid groups (broad SMARTS) is 1. The first kappa shape index (κ1) is 28.2. The zero-order valence-electron chi connectivity index (χ0n) is 22.5. The molecule has 3 aromatic carbocycles. The summed E-state index contributed by atoms with van der Waals surface area (Å²) in [5.41, 5.74) is 2.60. The Labute approximate surface area is 235 Å². The molecule has 0 bridgehead atoms. The Kier molecular flexibility index (Phi) is 8.58. The van der Waals surface area contributed by atoms with Crippen LogP contribution < -0.4 is 10.1 Å². The summed E-state index contributed by atoms with van der Waals surface area (Å²) < 4.78 is 58.4. The number of aromatic nitrogens is 2. The molecule has 5 rings (SSSR count). The van der Waals surface area contributed by atoms with E-state index in [4.69, 9.17) is 14.6 Å². The van der Waals surface area contributed by atoms with Crippen molar-refractivity contribution < 1.29 is 32.5 Å². The second-order valence-electron chi connectivity index (χ2n) is 9.70. The maximum atomic E-state index is 15.2. The van der Waals surface area contributed by atoms with Crippen LogP contribution in [0.2, 0.25) is 0 Å². The minimum atomic E-state index is -1.14. The summed E-state index contributed by atoms with van der Waals surface area (Å²) in [7, 11) is 0. The Balaban J connectivity index is 1.60. The number of halogens is 3. The molecule has 41 heavy (non-hydrogen) atoms.